The van der Waals surface area contributed by atoms with Crippen LogP contribution < -0.4 is 5.32 Å². The summed E-state index contributed by atoms with van der Waals surface area (Å²) in [6.45, 7) is 4.94. The Morgan fingerprint density at radius 2 is 1.71 bits per heavy atom. The normalized spacial score (nSPS) is 10.8. The van der Waals surface area contributed by atoms with Crippen LogP contribution >= 0.6 is 0 Å². The van der Waals surface area contributed by atoms with Gasteiger partial charge in [0.15, 0.2) is 11.6 Å². The van der Waals surface area contributed by atoms with Crippen molar-refractivity contribution >= 4 is 5.69 Å². The molecule has 0 amide bonds. The minimum atomic E-state index is -1.17. The van der Waals surface area contributed by atoms with Crippen LogP contribution in [0.25, 0.3) is 0 Å². The fourth-order valence-electron chi connectivity index (χ4n) is 1.15. The average Bonchev–Trinajstić information content (AvgIpc) is 2.09. The van der Waals surface area contributed by atoms with Crippen molar-refractivity contribution in [3.63, 3.8) is 0 Å². The molecule has 4 heteroatoms. The summed E-state index contributed by atoms with van der Waals surface area (Å²) in [7, 11) is 0. The van der Waals surface area contributed by atoms with Crippen LogP contribution in [0.1, 0.15) is 19.4 Å². The third kappa shape index (κ3) is 2.00. The Labute approximate surface area is 80.9 Å². The van der Waals surface area contributed by atoms with E-state index in [1.807, 2.05) is 0 Å². The van der Waals surface area contributed by atoms with Crippen LogP contribution in [0.2, 0.25) is 0 Å². The average molecular weight is 203 g/mol. The van der Waals surface area contributed by atoms with E-state index in [1.165, 1.54) is 6.92 Å². The van der Waals surface area contributed by atoms with Crippen molar-refractivity contribution in [2.45, 2.75) is 26.8 Å². The minimum Gasteiger partial charge on any atom is -0.380 e. The lowest BCUT2D eigenvalue weighted by atomic mass is 10.1. The lowest BCUT2D eigenvalue weighted by Crippen LogP contribution is -2.13. The molecule has 1 nitrogen and oxygen atoms in total. The highest BCUT2D eigenvalue weighted by molar-refractivity contribution is 5.53. The fraction of sp³-hybridized carbons (Fsp3) is 0.400. The zero-order chi connectivity index (χ0) is 10.9. The maximum atomic E-state index is 13.2. The first-order valence-corrected chi connectivity index (χ1v) is 4.34. The predicted molar refractivity (Wildman–Crippen MR) is 49.8 cm³/mol. The second kappa shape index (κ2) is 3.90. The summed E-state index contributed by atoms with van der Waals surface area (Å²) in [6.07, 6.45) is 0. The van der Waals surface area contributed by atoms with Crippen LogP contribution in [-0.2, 0) is 0 Å². The van der Waals surface area contributed by atoms with Gasteiger partial charge >= 0.3 is 0 Å². The summed E-state index contributed by atoms with van der Waals surface area (Å²) in [5.41, 5.74) is -0.00454. The van der Waals surface area contributed by atoms with Gasteiger partial charge < -0.3 is 5.32 Å². The molecule has 0 aliphatic heterocycles. The number of halogens is 3. The molecule has 1 aromatic rings. The van der Waals surface area contributed by atoms with Gasteiger partial charge in [0.25, 0.3) is 0 Å². The van der Waals surface area contributed by atoms with E-state index >= 15 is 0 Å². The summed E-state index contributed by atoms with van der Waals surface area (Å²) < 4.78 is 39.0. The van der Waals surface area contributed by atoms with Gasteiger partial charge in [-0.3, -0.25) is 0 Å². The second-order valence-electron chi connectivity index (χ2n) is 3.45. The Bertz CT molecular complexity index is 321. The summed E-state index contributed by atoms with van der Waals surface area (Å²) >= 11 is 0. The smallest absolute Gasteiger partial charge is 0.182 e. The molecule has 78 valence electrons. The van der Waals surface area contributed by atoms with Crippen LogP contribution in [0.4, 0.5) is 18.9 Å². The van der Waals surface area contributed by atoms with Crippen molar-refractivity contribution in [2.24, 2.45) is 0 Å². The molecule has 0 heterocycles. The molecule has 0 aromatic heterocycles. The van der Waals surface area contributed by atoms with Gasteiger partial charge in [-0.2, -0.15) is 0 Å². The molecular weight excluding hydrogens is 191 g/mol. The van der Waals surface area contributed by atoms with E-state index < -0.39 is 17.5 Å². The van der Waals surface area contributed by atoms with E-state index in [0.717, 1.165) is 0 Å². The first kappa shape index (κ1) is 10.9. The predicted octanol–water partition coefficient (Wildman–Crippen LogP) is 3.23. The molecule has 0 radical (unpaired) electrons. The summed E-state index contributed by atoms with van der Waals surface area (Å²) in [4.78, 5) is 0. The zero-order valence-electron chi connectivity index (χ0n) is 8.29. The summed E-state index contributed by atoms with van der Waals surface area (Å²) in [5.74, 6) is -2.94. The van der Waals surface area contributed by atoms with E-state index in [1.54, 1.807) is 13.8 Å². The van der Waals surface area contributed by atoms with Gasteiger partial charge in [-0.15, -0.1) is 0 Å². The molecule has 0 aliphatic rings. The maximum absolute atomic E-state index is 13.2. The number of hydrogen-bond acceptors (Lipinski definition) is 1. The quantitative estimate of drug-likeness (QED) is 0.727. The van der Waals surface area contributed by atoms with Gasteiger partial charge in [-0.05, 0) is 20.8 Å². The Kier molecular flexibility index (Phi) is 3.03. The maximum Gasteiger partial charge on any atom is 0.182 e. The standard InChI is InChI=1S/C10H12F3N/c1-5(2)14-10-6(3)7(11)4-8(12)9(10)13/h4-5,14H,1-3H3. The molecule has 14 heavy (non-hydrogen) atoms. The molecule has 0 aliphatic carbocycles. The van der Waals surface area contributed by atoms with E-state index in [4.69, 9.17) is 0 Å². The van der Waals surface area contributed by atoms with Crippen molar-refractivity contribution in [1.82, 2.24) is 0 Å². The van der Waals surface area contributed by atoms with Crippen molar-refractivity contribution < 1.29 is 13.2 Å². The minimum absolute atomic E-state index is 0.0793. The van der Waals surface area contributed by atoms with Crippen molar-refractivity contribution in [2.75, 3.05) is 5.32 Å². The molecule has 0 unspecified atom stereocenters. The van der Waals surface area contributed by atoms with Gasteiger partial charge in [0, 0.05) is 17.7 Å². The molecule has 0 fully saturated rings. The molecule has 0 spiro atoms. The second-order valence-corrected chi connectivity index (χ2v) is 3.45. The highest BCUT2D eigenvalue weighted by atomic mass is 19.2. The SMILES string of the molecule is Cc1c(F)cc(F)c(F)c1NC(C)C. The van der Waals surface area contributed by atoms with Gasteiger partial charge in [0.05, 0.1) is 5.69 Å². The van der Waals surface area contributed by atoms with E-state index in [0.29, 0.717) is 6.07 Å². The highest BCUT2D eigenvalue weighted by Crippen LogP contribution is 2.25. The molecule has 0 atom stereocenters. The lowest BCUT2D eigenvalue weighted by Gasteiger charge is -2.14. The van der Waals surface area contributed by atoms with Gasteiger partial charge in [-0.1, -0.05) is 0 Å². The number of nitrogens with one attached hydrogen (secondary N) is 1. The number of benzene rings is 1. The Morgan fingerprint density at radius 1 is 1.14 bits per heavy atom. The lowest BCUT2D eigenvalue weighted by molar-refractivity contribution is 0.494. The summed E-state index contributed by atoms with van der Waals surface area (Å²) in [5, 5.41) is 2.67. The largest absolute Gasteiger partial charge is 0.380 e. The molecule has 0 saturated heterocycles. The number of rotatable bonds is 2. The highest BCUT2D eigenvalue weighted by Gasteiger charge is 2.15. The summed E-state index contributed by atoms with van der Waals surface area (Å²) in [6, 6.07) is 0.472. The van der Waals surface area contributed by atoms with E-state index in [9.17, 15) is 13.2 Å². The Morgan fingerprint density at radius 3 is 2.21 bits per heavy atom. The van der Waals surface area contributed by atoms with Crippen LogP contribution in [0.5, 0.6) is 0 Å². The van der Waals surface area contributed by atoms with Crippen LogP contribution in [-0.4, -0.2) is 6.04 Å². The first-order chi connectivity index (χ1) is 6.43. The first-order valence-electron chi connectivity index (χ1n) is 4.34. The third-order valence-electron chi connectivity index (χ3n) is 1.85. The van der Waals surface area contributed by atoms with E-state index in [-0.39, 0.29) is 17.3 Å². The molecular formula is C10H12F3N. The van der Waals surface area contributed by atoms with Crippen molar-refractivity contribution in [3.8, 4) is 0 Å². The monoisotopic (exact) mass is 203 g/mol. The molecule has 0 saturated carbocycles. The van der Waals surface area contributed by atoms with Crippen molar-refractivity contribution in [1.29, 1.82) is 0 Å². The molecule has 1 N–H and O–H groups in total. The number of hydrogen-bond donors (Lipinski definition) is 1. The van der Waals surface area contributed by atoms with E-state index in [2.05, 4.69) is 5.32 Å². The zero-order valence-corrected chi connectivity index (χ0v) is 8.29. The van der Waals surface area contributed by atoms with Crippen LogP contribution in [0.15, 0.2) is 6.07 Å². The molecule has 1 rings (SSSR count). The topological polar surface area (TPSA) is 12.0 Å². The van der Waals surface area contributed by atoms with Crippen LogP contribution in [0, 0.1) is 24.4 Å². The van der Waals surface area contributed by atoms with Gasteiger partial charge in [-0.25, -0.2) is 13.2 Å². The Balaban J connectivity index is 3.25. The van der Waals surface area contributed by atoms with Gasteiger partial charge in [0.2, 0.25) is 0 Å². The van der Waals surface area contributed by atoms with Gasteiger partial charge in [0.1, 0.15) is 5.82 Å². The van der Waals surface area contributed by atoms with Crippen molar-refractivity contribution in [3.05, 3.63) is 29.1 Å². The molecule has 1 aromatic carbocycles. The number of anilines is 1. The fourth-order valence-corrected chi connectivity index (χ4v) is 1.15. The third-order valence-corrected chi connectivity index (χ3v) is 1.85. The van der Waals surface area contributed by atoms with Crippen LogP contribution in [0.3, 0.4) is 0 Å². The molecule has 0 bridgehead atoms. The Hall–Kier alpha value is -1.19.